The van der Waals surface area contributed by atoms with Crippen LogP contribution in [0.1, 0.15) is 6.92 Å². The highest BCUT2D eigenvalue weighted by Gasteiger charge is 1.94. The maximum Gasteiger partial charge on any atom is 0.128 e. The summed E-state index contributed by atoms with van der Waals surface area (Å²) in [6.07, 6.45) is 0. The van der Waals surface area contributed by atoms with Gasteiger partial charge in [0.2, 0.25) is 0 Å². The lowest BCUT2D eigenvalue weighted by Gasteiger charge is -2.10. The number of likely N-dealkylation sites (N-methyl/N-ethyl adjacent to an activating group) is 1. The Morgan fingerprint density at radius 1 is 1.56 bits per heavy atom. The third-order valence-electron chi connectivity index (χ3n) is 0.886. The summed E-state index contributed by atoms with van der Waals surface area (Å²) in [6, 6.07) is 0. The van der Waals surface area contributed by atoms with Crippen molar-refractivity contribution in [2.45, 2.75) is 12.5 Å². The summed E-state index contributed by atoms with van der Waals surface area (Å²) in [7, 11) is 4.00. The van der Waals surface area contributed by atoms with Crippen LogP contribution in [0.3, 0.4) is 0 Å². The van der Waals surface area contributed by atoms with Crippen LogP contribution in [0.5, 0.6) is 0 Å². The molecule has 9 heavy (non-hydrogen) atoms. The zero-order valence-electron chi connectivity index (χ0n) is 6.22. The van der Waals surface area contributed by atoms with Crippen molar-refractivity contribution >= 4 is 11.6 Å². The molecule has 0 aromatic heterocycles. The van der Waals surface area contributed by atoms with Crippen LogP contribution in [-0.2, 0) is 4.74 Å². The molecule has 0 aromatic rings. The summed E-state index contributed by atoms with van der Waals surface area (Å²) < 4.78 is 5.08. The first kappa shape index (κ1) is 9.21. The summed E-state index contributed by atoms with van der Waals surface area (Å²) in [6.45, 7) is 3.45. The summed E-state index contributed by atoms with van der Waals surface area (Å²) in [5.41, 5.74) is -0.162. The van der Waals surface area contributed by atoms with Gasteiger partial charge in [0.05, 0.1) is 6.61 Å². The zero-order valence-corrected chi connectivity index (χ0v) is 6.98. The number of rotatable bonds is 4. The predicted molar refractivity (Wildman–Crippen MR) is 39.8 cm³/mol. The summed E-state index contributed by atoms with van der Waals surface area (Å²) in [5, 5.41) is 0. The lowest BCUT2D eigenvalue weighted by Crippen LogP contribution is -2.19. The Balaban J connectivity index is 2.91. The predicted octanol–water partition coefficient (Wildman–Crippen LogP) is 1.15. The molecule has 0 aliphatic carbocycles. The topological polar surface area (TPSA) is 12.5 Å². The lowest BCUT2D eigenvalue weighted by molar-refractivity contribution is 0.104. The summed E-state index contributed by atoms with van der Waals surface area (Å²) >= 11 is 5.52. The van der Waals surface area contributed by atoms with Crippen molar-refractivity contribution in [1.29, 1.82) is 0 Å². The van der Waals surface area contributed by atoms with Crippen LogP contribution in [0.25, 0.3) is 0 Å². The van der Waals surface area contributed by atoms with E-state index >= 15 is 0 Å². The Labute approximate surface area is 61.7 Å². The molecule has 0 fully saturated rings. The van der Waals surface area contributed by atoms with E-state index in [4.69, 9.17) is 16.3 Å². The Kier molecular flexibility index (Phi) is 5.15. The molecule has 2 nitrogen and oxygen atoms in total. The van der Waals surface area contributed by atoms with Crippen LogP contribution < -0.4 is 0 Å². The molecule has 0 aromatic carbocycles. The monoisotopic (exact) mass is 151 g/mol. The minimum Gasteiger partial charge on any atom is -0.361 e. The highest BCUT2D eigenvalue weighted by atomic mass is 35.5. The lowest BCUT2D eigenvalue weighted by atomic mass is 10.6. The first-order chi connectivity index (χ1) is 4.13. The van der Waals surface area contributed by atoms with Crippen molar-refractivity contribution in [2.24, 2.45) is 0 Å². The number of hydrogen-bond donors (Lipinski definition) is 0. The van der Waals surface area contributed by atoms with Crippen LogP contribution in [0.2, 0.25) is 0 Å². The van der Waals surface area contributed by atoms with Crippen molar-refractivity contribution in [3.63, 3.8) is 0 Å². The molecule has 0 amide bonds. The van der Waals surface area contributed by atoms with Gasteiger partial charge in [0.1, 0.15) is 5.56 Å². The van der Waals surface area contributed by atoms with E-state index in [1.54, 1.807) is 0 Å². The van der Waals surface area contributed by atoms with Crippen molar-refractivity contribution in [2.75, 3.05) is 27.2 Å². The molecule has 0 saturated heterocycles. The van der Waals surface area contributed by atoms with Crippen molar-refractivity contribution < 1.29 is 4.74 Å². The molecule has 0 radical (unpaired) electrons. The minimum absolute atomic E-state index is 0.162. The van der Waals surface area contributed by atoms with Gasteiger partial charge in [0, 0.05) is 6.54 Å². The molecule has 1 unspecified atom stereocenters. The van der Waals surface area contributed by atoms with Gasteiger partial charge < -0.3 is 9.64 Å². The van der Waals surface area contributed by atoms with Gasteiger partial charge in [-0.3, -0.25) is 0 Å². The molecule has 0 rings (SSSR count). The van der Waals surface area contributed by atoms with Crippen LogP contribution >= 0.6 is 11.6 Å². The van der Waals surface area contributed by atoms with E-state index in [2.05, 4.69) is 4.90 Å². The smallest absolute Gasteiger partial charge is 0.128 e. The van der Waals surface area contributed by atoms with Gasteiger partial charge in [-0.25, -0.2) is 0 Å². The molecule has 0 heterocycles. The molecule has 56 valence electrons. The van der Waals surface area contributed by atoms with Crippen LogP contribution in [0, 0.1) is 0 Å². The molecule has 1 atom stereocenters. The van der Waals surface area contributed by atoms with Crippen LogP contribution in [0.4, 0.5) is 0 Å². The Morgan fingerprint density at radius 2 is 2.11 bits per heavy atom. The number of halogens is 1. The Morgan fingerprint density at radius 3 is 2.44 bits per heavy atom. The second-order valence-corrected chi connectivity index (χ2v) is 2.83. The standard InChI is InChI=1S/C6H14ClNO/c1-6(7)9-5-4-8(2)3/h6H,4-5H2,1-3H3. The van der Waals surface area contributed by atoms with Gasteiger partial charge in [-0.1, -0.05) is 11.6 Å². The maximum atomic E-state index is 5.52. The highest BCUT2D eigenvalue weighted by molar-refractivity contribution is 6.19. The fourth-order valence-corrected chi connectivity index (χ4v) is 0.487. The molecule has 0 saturated carbocycles. The van der Waals surface area contributed by atoms with Crippen molar-refractivity contribution in [1.82, 2.24) is 4.90 Å². The maximum absolute atomic E-state index is 5.52. The molecule has 0 bridgehead atoms. The summed E-state index contributed by atoms with van der Waals surface area (Å²) in [5.74, 6) is 0. The quantitative estimate of drug-likeness (QED) is 0.559. The van der Waals surface area contributed by atoms with E-state index in [1.165, 1.54) is 0 Å². The fourth-order valence-electron chi connectivity index (χ4n) is 0.398. The van der Waals surface area contributed by atoms with E-state index in [0.717, 1.165) is 6.54 Å². The van der Waals surface area contributed by atoms with Crippen LogP contribution in [0.15, 0.2) is 0 Å². The second kappa shape index (κ2) is 5.03. The largest absolute Gasteiger partial charge is 0.361 e. The second-order valence-electron chi connectivity index (χ2n) is 2.22. The van der Waals surface area contributed by atoms with Gasteiger partial charge in [-0.05, 0) is 21.0 Å². The average Bonchev–Trinajstić information content (AvgIpc) is 1.63. The van der Waals surface area contributed by atoms with E-state index < -0.39 is 0 Å². The third kappa shape index (κ3) is 8.21. The molecule has 0 aliphatic heterocycles. The van der Waals surface area contributed by atoms with Crippen molar-refractivity contribution in [3.8, 4) is 0 Å². The van der Waals surface area contributed by atoms with Gasteiger partial charge in [0.25, 0.3) is 0 Å². The van der Waals surface area contributed by atoms with Crippen LogP contribution in [-0.4, -0.2) is 37.7 Å². The number of hydrogen-bond acceptors (Lipinski definition) is 2. The van der Waals surface area contributed by atoms with Crippen molar-refractivity contribution in [3.05, 3.63) is 0 Å². The molecular weight excluding hydrogens is 138 g/mol. The Bertz CT molecular complexity index is 58.1. The van der Waals surface area contributed by atoms with Gasteiger partial charge >= 0.3 is 0 Å². The van der Waals surface area contributed by atoms with Gasteiger partial charge in [-0.15, -0.1) is 0 Å². The molecular formula is C6H14ClNO. The van der Waals surface area contributed by atoms with E-state index in [1.807, 2.05) is 21.0 Å². The molecule has 0 N–H and O–H groups in total. The fraction of sp³-hybridized carbons (Fsp3) is 1.00. The number of nitrogens with zero attached hydrogens (tertiary/aromatic N) is 1. The van der Waals surface area contributed by atoms with E-state index in [-0.39, 0.29) is 5.56 Å². The summed E-state index contributed by atoms with van der Waals surface area (Å²) in [4.78, 5) is 2.05. The Hall–Kier alpha value is 0.210. The SMILES string of the molecule is CC(Cl)OCCN(C)C. The van der Waals surface area contributed by atoms with Gasteiger partial charge in [-0.2, -0.15) is 0 Å². The zero-order chi connectivity index (χ0) is 7.28. The third-order valence-corrected chi connectivity index (χ3v) is 1.01. The minimum atomic E-state index is -0.162. The highest BCUT2D eigenvalue weighted by Crippen LogP contribution is 1.94. The molecule has 3 heteroatoms. The van der Waals surface area contributed by atoms with E-state index in [0.29, 0.717) is 6.61 Å². The van der Waals surface area contributed by atoms with E-state index in [9.17, 15) is 0 Å². The number of alkyl halides is 1. The average molecular weight is 152 g/mol. The first-order valence-corrected chi connectivity index (χ1v) is 3.47. The normalized spacial score (nSPS) is 14.3. The molecule has 0 aliphatic rings. The van der Waals surface area contributed by atoms with Gasteiger partial charge in [0.15, 0.2) is 0 Å². The first-order valence-electron chi connectivity index (χ1n) is 3.03. The number of ether oxygens (including phenoxy) is 1. The molecule has 0 spiro atoms.